The Morgan fingerprint density at radius 1 is 1.33 bits per heavy atom. The van der Waals surface area contributed by atoms with E-state index in [4.69, 9.17) is 0 Å². The molecule has 5 nitrogen and oxygen atoms in total. The van der Waals surface area contributed by atoms with Crippen LogP contribution >= 0.6 is 11.8 Å². The Morgan fingerprint density at radius 3 is 2.61 bits per heavy atom. The number of anilines is 1. The molecule has 94 valence electrons. The van der Waals surface area contributed by atoms with Gasteiger partial charge >= 0.3 is 0 Å². The van der Waals surface area contributed by atoms with Crippen molar-refractivity contribution in [1.82, 2.24) is 15.2 Å². The number of alkyl halides is 2. The van der Waals surface area contributed by atoms with E-state index in [1.54, 1.807) is 12.1 Å². The summed E-state index contributed by atoms with van der Waals surface area (Å²) in [7, 11) is 0. The van der Waals surface area contributed by atoms with Crippen molar-refractivity contribution < 1.29 is 13.6 Å². The van der Waals surface area contributed by atoms with Gasteiger partial charge in [0.05, 0.1) is 0 Å². The molecule has 0 atom stereocenters. The van der Waals surface area contributed by atoms with Crippen molar-refractivity contribution in [2.45, 2.75) is 10.7 Å². The average molecular weight is 270 g/mol. The minimum absolute atomic E-state index is 0.0843. The molecule has 1 heterocycles. The Hall–Kier alpha value is -1.96. The highest BCUT2D eigenvalue weighted by molar-refractivity contribution is 7.99. The summed E-state index contributed by atoms with van der Waals surface area (Å²) in [5.74, 6) is -2.82. The van der Waals surface area contributed by atoms with Gasteiger partial charge in [-0.3, -0.25) is 9.89 Å². The van der Waals surface area contributed by atoms with Crippen LogP contribution in [-0.2, 0) is 0 Å². The molecule has 0 saturated carbocycles. The number of nitrogens with one attached hydrogen (secondary N) is 2. The monoisotopic (exact) mass is 270 g/mol. The van der Waals surface area contributed by atoms with Gasteiger partial charge in [0.25, 0.3) is 11.7 Å². The van der Waals surface area contributed by atoms with E-state index in [1.807, 2.05) is 0 Å². The van der Waals surface area contributed by atoms with Gasteiger partial charge in [0.15, 0.2) is 0 Å². The zero-order chi connectivity index (χ0) is 13.0. The molecular formula is C10H8F2N4OS. The van der Waals surface area contributed by atoms with Gasteiger partial charge in [-0.15, -0.1) is 0 Å². The van der Waals surface area contributed by atoms with Crippen LogP contribution in [0.3, 0.4) is 0 Å². The second kappa shape index (κ2) is 5.58. The zero-order valence-corrected chi connectivity index (χ0v) is 9.75. The van der Waals surface area contributed by atoms with Crippen molar-refractivity contribution in [3.8, 4) is 0 Å². The molecular weight excluding hydrogens is 262 g/mol. The van der Waals surface area contributed by atoms with Gasteiger partial charge in [0.2, 0.25) is 5.82 Å². The Kier molecular flexibility index (Phi) is 3.88. The number of amides is 1. The van der Waals surface area contributed by atoms with Gasteiger partial charge < -0.3 is 5.32 Å². The fraction of sp³-hybridized carbons (Fsp3) is 0.100. The van der Waals surface area contributed by atoms with Gasteiger partial charge in [0, 0.05) is 10.6 Å². The van der Waals surface area contributed by atoms with Crippen molar-refractivity contribution in [2.24, 2.45) is 0 Å². The predicted molar refractivity (Wildman–Crippen MR) is 62.6 cm³/mol. The number of carbonyl (C=O) groups is 1. The van der Waals surface area contributed by atoms with Crippen LogP contribution in [0.1, 0.15) is 10.6 Å². The summed E-state index contributed by atoms with van der Waals surface area (Å²) < 4.78 is 24.2. The van der Waals surface area contributed by atoms with Crippen LogP contribution in [0.25, 0.3) is 0 Å². The molecule has 0 fully saturated rings. The predicted octanol–water partition coefficient (Wildman–Crippen LogP) is 2.37. The lowest BCUT2D eigenvalue weighted by Gasteiger charge is -2.04. The lowest BCUT2D eigenvalue weighted by Crippen LogP contribution is -2.13. The van der Waals surface area contributed by atoms with Gasteiger partial charge in [-0.05, 0) is 24.3 Å². The SMILES string of the molecule is O=C(Nc1ccc(SC(F)F)cc1)c1ncn[nH]1. The zero-order valence-electron chi connectivity index (χ0n) is 8.93. The van der Waals surface area contributed by atoms with Gasteiger partial charge in [-0.2, -0.15) is 13.9 Å². The van der Waals surface area contributed by atoms with E-state index in [0.29, 0.717) is 22.3 Å². The van der Waals surface area contributed by atoms with Crippen LogP contribution in [-0.4, -0.2) is 26.8 Å². The van der Waals surface area contributed by atoms with Crippen LogP contribution in [0.5, 0.6) is 0 Å². The van der Waals surface area contributed by atoms with Gasteiger partial charge in [-0.1, -0.05) is 11.8 Å². The molecule has 18 heavy (non-hydrogen) atoms. The summed E-state index contributed by atoms with van der Waals surface area (Å²) in [6.07, 6.45) is 1.22. The molecule has 1 amide bonds. The average Bonchev–Trinajstić information content (AvgIpc) is 2.84. The Morgan fingerprint density at radius 2 is 2.06 bits per heavy atom. The maximum atomic E-state index is 12.1. The molecule has 1 aromatic heterocycles. The van der Waals surface area contributed by atoms with E-state index in [-0.39, 0.29) is 5.82 Å². The number of hydrogen-bond acceptors (Lipinski definition) is 4. The van der Waals surface area contributed by atoms with E-state index < -0.39 is 11.7 Å². The van der Waals surface area contributed by atoms with Crippen LogP contribution in [0.4, 0.5) is 14.5 Å². The molecule has 2 N–H and O–H groups in total. The number of hydrogen-bond donors (Lipinski definition) is 2. The molecule has 2 rings (SSSR count). The molecule has 0 aliphatic rings. The largest absolute Gasteiger partial charge is 0.319 e. The second-order valence-electron chi connectivity index (χ2n) is 3.19. The first-order chi connectivity index (χ1) is 8.65. The first-order valence-corrected chi connectivity index (χ1v) is 5.75. The van der Waals surface area contributed by atoms with Crippen molar-refractivity contribution in [3.05, 3.63) is 36.4 Å². The smallest absolute Gasteiger partial charge is 0.292 e. The molecule has 0 radical (unpaired) electrons. The lowest BCUT2D eigenvalue weighted by atomic mass is 10.3. The number of aromatic amines is 1. The molecule has 0 bridgehead atoms. The van der Waals surface area contributed by atoms with Crippen LogP contribution in [0.15, 0.2) is 35.5 Å². The first-order valence-electron chi connectivity index (χ1n) is 4.87. The van der Waals surface area contributed by atoms with E-state index in [2.05, 4.69) is 20.5 Å². The highest BCUT2D eigenvalue weighted by Crippen LogP contribution is 2.26. The fourth-order valence-electron chi connectivity index (χ4n) is 1.22. The molecule has 1 aromatic carbocycles. The summed E-state index contributed by atoms with van der Waals surface area (Å²) in [6.45, 7) is 0. The summed E-state index contributed by atoms with van der Waals surface area (Å²) in [5, 5.41) is 8.52. The third kappa shape index (κ3) is 3.27. The molecule has 0 saturated heterocycles. The maximum absolute atomic E-state index is 12.1. The number of halogens is 2. The van der Waals surface area contributed by atoms with Crippen molar-refractivity contribution in [1.29, 1.82) is 0 Å². The molecule has 0 spiro atoms. The van der Waals surface area contributed by atoms with Crippen LogP contribution in [0.2, 0.25) is 0 Å². The van der Waals surface area contributed by atoms with E-state index in [1.165, 1.54) is 18.5 Å². The summed E-state index contributed by atoms with van der Waals surface area (Å²) in [6, 6.07) is 6.09. The summed E-state index contributed by atoms with van der Waals surface area (Å²) >= 11 is 0.449. The Balaban J connectivity index is 2.00. The third-order valence-electron chi connectivity index (χ3n) is 1.97. The molecule has 0 aliphatic heterocycles. The van der Waals surface area contributed by atoms with Gasteiger partial charge in [0.1, 0.15) is 6.33 Å². The molecule has 0 aliphatic carbocycles. The number of thioether (sulfide) groups is 1. The van der Waals surface area contributed by atoms with E-state index in [9.17, 15) is 13.6 Å². The summed E-state index contributed by atoms with van der Waals surface area (Å²) in [4.78, 5) is 15.7. The molecule has 8 heteroatoms. The van der Waals surface area contributed by atoms with E-state index >= 15 is 0 Å². The second-order valence-corrected chi connectivity index (χ2v) is 4.25. The normalized spacial score (nSPS) is 10.6. The lowest BCUT2D eigenvalue weighted by molar-refractivity contribution is 0.101. The van der Waals surface area contributed by atoms with Crippen LogP contribution < -0.4 is 5.32 Å². The van der Waals surface area contributed by atoms with Crippen molar-refractivity contribution in [3.63, 3.8) is 0 Å². The highest BCUT2D eigenvalue weighted by atomic mass is 32.2. The maximum Gasteiger partial charge on any atom is 0.292 e. The first kappa shape index (κ1) is 12.5. The summed E-state index contributed by atoms with van der Waals surface area (Å²) in [5.41, 5.74) is 0.495. The van der Waals surface area contributed by atoms with Gasteiger partial charge in [-0.25, -0.2) is 4.98 Å². The minimum atomic E-state index is -2.46. The standard InChI is InChI=1S/C10H8F2N4OS/c11-10(12)18-7-3-1-6(2-4-7)15-9(17)8-13-5-14-16-8/h1-5,10H,(H,15,17)(H,13,14,16). The number of carbonyl (C=O) groups excluding carboxylic acids is 1. The van der Waals surface area contributed by atoms with Crippen molar-refractivity contribution in [2.75, 3.05) is 5.32 Å². The number of rotatable bonds is 4. The quantitative estimate of drug-likeness (QED) is 0.837. The third-order valence-corrected chi connectivity index (χ3v) is 2.69. The Bertz CT molecular complexity index is 515. The van der Waals surface area contributed by atoms with E-state index in [0.717, 1.165) is 0 Å². The topological polar surface area (TPSA) is 70.7 Å². The minimum Gasteiger partial charge on any atom is -0.319 e. The van der Waals surface area contributed by atoms with Crippen LogP contribution in [0, 0.1) is 0 Å². The molecule has 0 unspecified atom stereocenters. The number of H-pyrrole nitrogens is 1. The van der Waals surface area contributed by atoms with Crippen molar-refractivity contribution >= 4 is 23.4 Å². The fourth-order valence-corrected chi connectivity index (χ4v) is 1.72. The highest BCUT2D eigenvalue weighted by Gasteiger charge is 2.09. The number of aromatic nitrogens is 3. The molecule has 2 aromatic rings. The number of benzene rings is 1. The number of nitrogens with zero attached hydrogens (tertiary/aromatic N) is 2. The Labute approximate surface area is 105 Å².